The molecule has 1 saturated heterocycles. The first kappa shape index (κ1) is 16.6. The third-order valence-corrected chi connectivity index (χ3v) is 4.19. The van der Waals surface area contributed by atoms with Gasteiger partial charge in [-0.3, -0.25) is 0 Å². The fraction of sp³-hybridized carbons (Fsp3) is 0.625. The third kappa shape index (κ3) is 4.85. The van der Waals surface area contributed by atoms with Gasteiger partial charge in [0, 0.05) is 29.7 Å². The number of morpholine rings is 1. The summed E-state index contributed by atoms with van der Waals surface area (Å²) < 4.78 is 11.7. The molecule has 0 aromatic heterocycles. The molecule has 2 unspecified atom stereocenters. The Morgan fingerprint density at radius 1 is 1.52 bits per heavy atom. The lowest BCUT2D eigenvalue weighted by Crippen LogP contribution is -2.42. The maximum Gasteiger partial charge on any atom is 0.124 e. The van der Waals surface area contributed by atoms with Crippen molar-refractivity contribution in [3.8, 4) is 5.75 Å². The van der Waals surface area contributed by atoms with Crippen LogP contribution in [0.15, 0.2) is 18.2 Å². The van der Waals surface area contributed by atoms with Gasteiger partial charge in [-0.2, -0.15) is 0 Å². The van der Waals surface area contributed by atoms with Gasteiger partial charge in [-0.05, 0) is 32.0 Å². The summed E-state index contributed by atoms with van der Waals surface area (Å²) in [4.78, 5) is 2.25. The van der Waals surface area contributed by atoms with Crippen molar-refractivity contribution in [3.05, 3.63) is 28.8 Å². The zero-order valence-electron chi connectivity index (χ0n) is 12.8. The summed E-state index contributed by atoms with van der Waals surface area (Å²) in [5.74, 6) is 0.822. The van der Waals surface area contributed by atoms with Crippen LogP contribution in [-0.4, -0.2) is 50.4 Å². The van der Waals surface area contributed by atoms with E-state index >= 15 is 0 Å². The van der Waals surface area contributed by atoms with Gasteiger partial charge in [0.25, 0.3) is 0 Å². The maximum atomic E-state index is 6.30. The van der Waals surface area contributed by atoms with Gasteiger partial charge in [-0.25, -0.2) is 0 Å². The van der Waals surface area contributed by atoms with E-state index in [1.807, 2.05) is 18.2 Å². The quantitative estimate of drug-likeness (QED) is 0.876. The predicted octanol–water partition coefficient (Wildman–Crippen LogP) is 2.33. The molecule has 1 aliphatic rings. The highest BCUT2D eigenvalue weighted by atomic mass is 35.5. The molecule has 5 heteroatoms. The number of likely N-dealkylation sites (N-methyl/N-ethyl adjacent to an activating group) is 1. The molecule has 1 aliphatic heterocycles. The Balaban J connectivity index is 2.00. The average Bonchev–Trinajstić information content (AvgIpc) is 2.47. The van der Waals surface area contributed by atoms with E-state index in [0.29, 0.717) is 6.61 Å². The van der Waals surface area contributed by atoms with Crippen molar-refractivity contribution in [3.63, 3.8) is 0 Å². The molecule has 2 N–H and O–H groups in total. The van der Waals surface area contributed by atoms with Crippen LogP contribution in [0.4, 0.5) is 0 Å². The van der Waals surface area contributed by atoms with E-state index in [0.717, 1.165) is 48.9 Å². The van der Waals surface area contributed by atoms with E-state index in [-0.39, 0.29) is 12.1 Å². The van der Waals surface area contributed by atoms with Crippen molar-refractivity contribution in [2.45, 2.75) is 31.9 Å². The van der Waals surface area contributed by atoms with Crippen LogP contribution in [-0.2, 0) is 11.2 Å². The SMILES string of the molecule is CCC(N)Cc1c(Cl)cccc1OCC1CN(C)CCO1. The van der Waals surface area contributed by atoms with Crippen LogP contribution in [0.3, 0.4) is 0 Å². The summed E-state index contributed by atoms with van der Waals surface area (Å²) in [5, 5.41) is 0.720. The third-order valence-electron chi connectivity index (χ3n) is 3.83. The van der Waals surface area contributed by atoms with Crippen LogP contribution >= 0.6 is 11.6 Å². The number of halogens is 1. The van der Waals surface area contributed by atoms with Gasteiger partial charge >= 0.3 is 0 Å². The molecule has 0 amide bonds. The largest absolute Gasteiger partial charge is 0.490 e. The van der Waals surface area contributed by atoms with Gasteiger partial charge in [0.1, 0.15) is 18.5 Å². The van der Waals surface area contributed by atoms with Gasteiger partial charge in [0.15, 0.2) is 0 Å². The fourth-order valence-electron chi connectivity index (χ4n) is 2.43. The lowest BCUT2D eigenvalue weighted by molar-refractivity contribution is -0.0404. The Bertz CT molecular complexity index is 456. The van der Waals surface area contributed by atoms with Gasteiger partial charge in [-0.15, -0.1) is 0 Å². The molecule has 1 heterocycles. The van der Waals surface area contributed by atoms with Crippen molar-refractivity contribution >= 4 is 11.6 Å². The number of hydrogen-bond acceptors (Lipinski definition) is 4. The standard InChI is InChI=1S/C16H25ClN2O2/c1-3-12(18)9-14-15(17)5-4-6-16(14)21-11-13-10-19(2)7-8-20-13/h4-6,12-13H,3,7-11,18H2,1-2H3. The lowest BCUT2D eigenvalue weighted by atomic mass is 10.0. The van der Waals surface area contributed by atoms with Gasteiger partial charge < -0.3 is 20.1 Å². The minimum absolute atomic E-state index is 0.101. The molecule has 0 bridgehead atoms. The summed E-state index contributed by atoms with van der Waals surface area (Å²) in [5.41, 5.74) is 7.05. The van der Waals surface area contributed by atoms with Crippen molar-refractivity contribution in [1.82, 2.24) is 4.90 Å². The van der Waals surface area contributed by atoms with Crippen molar-refractivity contribution in [2.75, 3.05) is 33.4 Å². The van der Waals surface area contributed by atoms with E-state index in [4.69, 9.17) is 26.8 Å². The van der Waals surface area contributed by atoms with E-state index in [1.165, 1.54) is 0 Å². The first-order valence-corrected chi connectivity index (χ1v) is 7.93. The molecule has 0 saturated carbocycles. The summed E-state index contributed by atoms with van der Waals surface area (Å²) in [6, 6.07) is 5.85. The Morgan fingerprint density at radius 3 is 3.05 bits per heavy atom. The molecule has 2 rings (SSSR count). The van der Waals surface area contributed by atoms with Crippen molar-refractivity contribution in [2.24, 2.45) is 5.73 Å². The molecule has 0 radical (unpaired) electrons. The number of nitrogens with two attached hydrogens (primary N) is 1. The molecular weight excluding hydrogens is 288 g/mol. The second-order valence-electron chi connectivity index (χ2n) is 5.66. The smallest absolute Gasteiger partial charge is 0.124 e. The molecular formula is C16H25ClN2O2. The van der Waals surface area contributed by atoms with Crippen LogP contribution in [0, 0.1) is 0 Å². The maximum absolute atomic E-state index is 6.30. The molecule has 1 aromatic rings. The molecule has 1 aromatic carbocycles. The lowest BCUT2D eigenvalue weighted by Gasteiger charge is -2.30. The van der Waals surface area contributed by atoms with Crippen LogP contribution < -0.4 is 10.5 Å². The number of hydrogen-bond donors (Lipinski definition) is 1. The Hall–Kier alpha value is -0.810. The number of nitrogens with zero attached hydrogens (tertiary/aromatic N) is 1. The fourth-order valence-corrected chi connectivity index (χ4v) is 2.67. The Kier molecular flexibility index (Phi) is 6.30. The number of rotatable bonds is 6. The van der Waals surface area contributed by atoms with Gasteiger partial charge in [-0.1, -0.05) is 24.6 Å². The Morgan fingerprint density at radius 2 is 2.33 bits per heavy atom. The zero-order valence-corrected chi connectivity index (χ0v) is 13.6. The summed E-state index contributed by atoms with van der Waals surface area (Å²) in [6.45, 7) is 5.25. The molecule has 0 spiro atoms. The second-order valence-corrected chi connectivity index (χ2v) is 6.06. The first-order chi connectivity index (χ1) is 10.1. The number of ether oxygens (including phenoxy) is 2. The van der Waals surface area contributed by atoms with Crippen LogP contribution in [0.2, 0.25) is 5.02 Å². The Labute approximate surface area is 132 Å². The van der Waals surface area contributed by atoms with Gasteiger partial charge in [0.2, 0.25) is 0 Å². The molecule has 2 atom stereocenters. The highest BCUT2D eigenvalue weighted by Gasteiger charge is 2.19. The molecule has 4 nitrogen and oxygen atoms in total. The van der Waals surface area contributed by atoms with E-state index in [2.05, 4.69) is 18.9 Å². The van der Waals surface area contributed by atoms with E-state index < -0.39 is 0 Å². The topological polar surface area (TPSA) is 47.7 Å². The highest BCUT2D eigenvalue weighted by Crippen LogP contribution is 2.28. The minimum Gasteiger partial charge on any atom is -0.490 e. The van der Waals surface area contributed by atoms with Crippen molar-refractivity contribution < 1.29 is 9.47 Å². The van der Waals surface area contributed by atoms with Crippen LogP contribution in [0.5, 0.6) is 5.75 Å². The highest BCUT2D eigenvalue weighted by molar-refractivity contribution is 6.31. The van der Waals surface area contributed by atoms with Crippen molar-refractivity contribution in [1.29, 1.82) is 0 Å². The molecule has 1 fully saturated rings. The van der Waals surface area contributed by atoms with E-state index in [1.54, 1.807) is 0 Å². The first-order valence-electron chi connectivity index (χ1n) is 7.56. The molecule has 118 valence electrons. The van der Waals surface area contributed by atoms with Crippen LogP contribution in [0.1, 0.15) is 18.9 Å². The summed E-state index contributed by atoms with van der Waals surface area (Å²) in [6.07, 6.45) is 1.76. The monoisotopic (exact) mass is 312 g/mol. The molecule has 0 aliphatic carbocycles. The van der Waals surface area contributed by atoms with Gasteiger partial charge in [0.05, 0.1) is 6.61 Å². The normalized spacial score (nSPS) is 21.2. The predicted molar refractivity (Wildman–Crippen MR) is 86.2 cm³/mol. The molecule has 21 heavy (non-hydrogen) atoms. The zero-order chi connectivity index (χ0) is 15.2. The number of benzene rings is 1. The van der Waals surface area contributed by atoms with Crippen LogP contribution in [0.25, 0.3) is 0 Å². The average molecular weight is 313 g/mol. The summed E-state index contributed by atoms with van der Waals surface area (Å²) in [7, 11) is 2.10. The summed E-state index contributed by atoms with van der Waals surface area (Å²) >= 11 is 6.30. The minimum atomic E-state index is 0.101. The van der Waals surface area contributed by atoms with E-state index in [9.17, 15) is 0 Å². The second kappa shape index (κ2) is 7.99.